The van der Waals surface area contributed by atoms with Crippen LogP contribution in [0.3, 0.4) is 0 Å². The van der Waals surface area contributed by atoms with Crippen LogP contribution in [0.2, 0.25) is 0 Å². The minimum absolute atomic E-state index is 0.262. The van der Waals surface area contributed by atoms with Crippen molar-refractivity contribution >= 4 is 17.7 Å². The maximum atomic E-state index is 11.1. The van der Waals surface area contributed by atoms with Crippen LogP contribution in [0.4, 0.5) is 0 Å². The maximum absolute atomic E-state index is 11.1. The van der Waals surface area contributed by atoms with Crippen LogP contribution in [0.5, 0.6) is 0 Å². The van der Waals surface area contributed by atoms with E-state index in [0.29, 0.717) is 5.69 Å². The van der Waals surface area contributed by atoms with Crippen molar-refractivity contribution in [3.05, 3.63) is 36.3 Å². The van der Waals surface area contributed by atoms with Gasteiger partial charge in [-0.15, -0.1) is 0 Å². The van der Waals surface area contributed by atoms with Crippen molar-refractivity contribution in [2.75, 3.05) is 18.1 Å². The van der Waals surface area contributed by atoms with Gasteiger partial charge in [-0.2, -0.15) is 16.9 Å². The number of nitrogens with zero attached hydrogens (tertiary/aromatic N) is 3. The van der Waals surface area contributed by atoms with Gasteiger partial charge in [0, 0.05) is 30.6 Å². The molecule has 0 aliphatic rings. The topological polar surface area (TPSA) is 99.8 Å². The van der Waals surface area contributed by atoms with Crippen LogP contribution in [0.15, 0.2) is 30.6 Å². The predicted molar refractivity (Wildman–Crippen MR) is 85.0 cm³/mol. The lowest BCUT2D eigenvalue weighted by molar-refractivity contribution is 0.0995. The zero-order chi connectivity index (χ0) is 15.1. The summed E-state index contributed by atoms with van der Waals surface area (Å²) in [6, 6.07) is 5.21. The molecule has 0 saturated carbocycles. The van der Waals surface area contributed by atoms with E-state index in [1.807, 2.05) is 28.7 Å². The Hall–Kier alpha value is -1.86. The van der Waals surface area contributed by atoms with Gasteiger partial charge in [0.2, 0.25) is 0 Å². The van der Waals surface area contributed by atoms with Gasteiger partial charge in [0.1, 0.15) is 5.69 Å². The molecule has 0 aliphatic carbocycles. The number of hydrogen-bond acceptors (Lipinski definition) is 5. The molecule has 1 amide bonds. The third-order valence-corrected chi connectivity index (χ3v) is 3.97. The fourth-order valence-corrected chi connectivity index (χ4v) is 2.57. The SMILES string of the molecule is NCCSCCCn1cc(-c2cccc(C(N)=O)n2)cn1. The fraction of sp³-hybridized carbons (Fsp3) is 0.357. The molecule has 0 aliphatic heterocycles. The van der Waals surface area contributed by atoms with Crippen LogP contribution in [0.25, 0.3) is 11.3 Å². The summed E-state index contributed by atoms with van der Waals surface area (Å²) < 4.78 is 1.89. The first-order chi connectivity index (χ1) is 10.2. The second kappa shape index (κ2) is 7.80. The molecule has 7 heteroatoms. The minimum atomic E-state index is -0.527. The number of hydrogen-bond donors (Lipinski definition) is 2. The van der Waals surface area contributed by atoms with E-state index in [-0.39, 0.29) is 5.69 Å². The second-order valence-electron chi connectivity index (χ2n) is 4.52. The van der Waals surface area contributed by atoms with E-state index in [9.17, 15) is 4.79 Å². The van der Waals surface area contributed by atoms with Crippen LogP contribution in [0, 0.1) is 0 Å². The van der Waals surface area contributed by atoms with Crippen LogP contribution >= 0.6 is 11.8 Å². The molecule has 0 radical (unpaired) electrons. The summed E-state index contributed by atoms with van der Waals surface area (Å²) in [5.41, 5.74) is 12.5. The number of amides is 1. The Bertz CT molecular complexity index is 599. The third kappa shape index (κ3) is 4.57. The first-order valence-corrected chi connectivity index (χ1v) is 7.93. The van der Waals surface area contributed by atoms with Crippen LogP contribution < -0.4 is 11.5 Å². The molecule has 2 rings (SSSR count). The molecule has 21 heavy (non-hydrogen) atoms. The maximum Gasteiger partial charge on any atom is 0.267 e. The van der Waals surface area contributed by atoms with Crippen molar-refractivity contribution < 1.29 is 4.79 Å². The Balaban J connectivity index is 1.96. The average Bonchev–Trinajstić information content (AvgIpc) is 2.96. The molecule has 0 saturated heterocycles. The van der Waals surface area contributed by atoms with Crippen molar-refractivity contribution in [1.29, 1.82) is 0 Å². The van der Waals surface area contributed by atoms with Crippen molar-refractivity contribution in [3.63, 3.8) is 0 Å². The number of thioether (sulfide) groups is 1. The number of carbonyl (C=O) groups excluding carboxylic acids is 1. The summed E-state index contributed by atoms with van der Waals surface area (Å²) in [6.45, 7) is 1.57. The van der Waals surface area contributed by atoms with E-state index in [1.165, 1.54) is 0 Å². The molecule has 2 aromatic heterocycles. The standard InChI is InChI=1S/C14H19N5OS/c15-5-8-21-7-2-6-19-10-11(9-17-19)12-3-1-4-13(18-12)14(16)20/h1,3-4,9-10H,2,5-8,15H2,(H2,16,20). The zero-order valence-corrected chi connectivity index (χ0v) is 12.6. The molecule has 4 N–H and O–H groups in total. The van der Waals surface area contributed by atoms with Crippen molar-refractivity contribution in [2.45, 2.75) is 13.0 Å². The number of aryl methyl sites for hydroxylation is 1. The molecule has 0 spiro atoms. The van der Waals surface area contributed by atoms with Crippen LogP contribution in [0.1, 0.15) is 16.9 Å². The third-order valence-electron chi connectivity index (χ3n) is 2.87. The predicted octanol–water partition coefficient (Wildman–Crippen LogP) is 1.13. The van der Waals surface area contributed by atoms with Crippen molar-refractivity contribution in [1.82, 2.24) is 14.8 Å². The molecule has 0 atom stereocenters. The number of aromatic nitrogens is 3. The lowest BCUT2D eigenvalue weighted by Gasteiger charge is -2.01. The van der Waals surface area contributed by atoms with Gasteiger partial charge in [0.05, 0.1) is 11.9 Å². The summed E-state index contributed by atoms with van der Waals surface area (Å²) in [7, 11) is 0. The molecule has 0 aromatic carbocycles. The van der Waals surface area contributed by atoms with Gasteiger partial charge >= 0.3 is 0 Å². The summed E-state index contributed by atoms with van der Waals surface area (Å²) in [5, 5.41) is 4.31. The highest BCUT2D eigenvalue weighted by atomic mass is 32.2. The van der Waals surface area contributed by atoms with Gasteiger partial charge in [-0.1, -0.05) is 6.07 Å². The first-order valence-electron chi connectivity index (χ1n) is 6.78. The first kappa shape index (κ1) is 15.5. The Morgan fingerprint density at radius 1 is 1.33 bits per heavy atom. The molecule has 112 valence electrons. The quantitative estimate of drug-likeness (QED) is 0.712. The van der Waals surface area contributed by atoms with E-state index >= 15 is 0 Å². The van der Waals surface area contributed by atoms with E-state index in [2.05, 4.69) is 10.1 Å². The van der Waals surface area contributed by atoms with Crippen LogP contribution in [-0.4, -0.2) is 38.7 Å². The number of pyridine rings is 1. The number of carbonyl (C=O) groups is 1. The lowest BCUT2D eigenvalue weighted by atomic mass is 10.2. The molecule has 2 heterocycles. The summed E-state index contributed by atoms with van der Waals surface area (Å²) in [6.07, 6.45) is 4.72. The van der Waals surface area contributed by atoms with E-state index in [0.717, 1.165) is 36.6 Å². The van der Waals surface area contributed by atoms with Crippen molar-refractivity contribution in [2.24, 2.45) is 11.5 Å². The Labute approximate surface area is 127 Å². The summed E-state index contributed by atoms with van der Waals surface area (Å²) >= 11 is 1.85. The molecule has 0 unspecified atom stereocenters. The van der Waals surface area contributed by atoms with Gasteiger partial charge < -0.3 is 11.5 Å². The average molecular weight is 305 g/mol. The summed E-state index contributed by atoms with van der Waals surface area (Å²) in [4.78, 5) is 15.4. The number of primary amides is 1. The second-order valence-corrected chi connectivity index (χ2v) is 5.74. The van der Waals surface area contributed by atoms with E-state index in [4.69, 9.17) is 11.5 Å². The highest BCUT2D eigenvalue weighted by Crippen LogP contribution is 2.16. The van der Waals surface area contributed by atoms with Gasteiger partial charge in [-0.3, -0.25) is 9.48 Å². The van der Waals surface area contributed by atoms with Crippen molar-refractivity contribution in [3.8, 4) is 11.3 Å². The monoisotopic (exact) mass is 305 g/mol. The highest BCUT2D eigenvalue weighted by Gasteiger charge is 2.07. The molecular formula is C14H19N5OS. The van der Waals surface area contributed by atoms with Gasteiger partial charge in [-0.25, -0.2) is 4.98 Å². The Morgan fingerprint density at radius 3 is 2.95 bits per heavy atom. The van der Waals surface area contributed by atoms with Gasteiger partial charge in [-0.05, 0) is 24.3 Å². The van der Waals surface area contributed by atoms with E-state index in [1.54, 1.807) is 18.3 Å². The molecule has 0 fully saturated rings. The zero-order valence-electron chi connectivity index (χ0n) is 11.7. The summed E-state index contributed by atoms with van der Waals surface area (Å²) in [5.74, 6) is 1.54. The Morgan fingerprint density at radius 2 is 2.19 bits per heavy atom. The smallest absolute Gasteiger partial charge is 0.267 e. The fourth-order valence-electron chi connectivity index (χ4n) is 1.86. The minimum Gasteiger partial charge on any atom is -0.364 e. The van der Waals surface area contributed by atoms with Gasteiger partial charge in [0.25, 0.3) is 5.91 Å². The van der Waals surface area contributed by atoms with Crippen LogP contribution in [-0.2, 0) is 6.54 Å². The molecule has 6 nitrogen and oxygen atoms in total. The largest absolute Gasteiger partial charge is 0.364 e. The molecule has 2 aromatic rings. The molecule has 0 bridgehead atoms. The van der Waals surface area contributed by atoms with E-state index < -0.39 is 5.91 Å². The normalized spacial score (nSPS) is 10.7. The lowest BCUT2D eigenvalue weighted by Crippen LogP contribution is -2.12. The van der Waals surface area contributed by atoms with Gasteiger partial charge in [0.15, 0.2) is 0 Å². The molecular weight excluding hydrogens is 286 g/mol. The Kier molecular flexibility index (Phi) is 5.77. The number of nitrogens with two attached hydrogens (primary N) is 2. The number of rotatable bonds is 8. The highest BCUT2D eigenvalue weighted by molar-refractivity contribution is 7.99.